The van der Waals surface area contributed by atoms with Crippen molar-refractivity contribution in [3.05, 3.63) is 53.2 Å². The predicted octanol–water partition coefficient (Wildman–Crippen LogP) is 2.80. The van der Waals surface area contributed by atoms with Gasteiger partial charge in [-0.15, -0.1) is 0 Å². The van der Waals surface area contributed by atoms with Crippen molar-refractivity contribution < 1.29 is 13.7 Å². The van der Waals surface area contributed by atoms with E-state index in [0.29, 0.717) is 10.7 Å². The molecule has 2 unspecified atom stereocenters. The summed E-state index contributed by atoms with van der Waals surface area (Å²) in [7, 11) is 0. The molecular formula is C18H19FN4O2S. The Morgan fingerprint density at radius 2 is 2.35 bits per heavy atom. The van der Waals surface area contributed by atoms with E-state index in [1.807, 2.05) is 6.07 Å². The number of rotatable bonds is 4. The molecule has 2 aliphatic rings. The topological polar surface area (TPSA) is 93.5 Å². The molecule has 1 fully saturated rings. The maximum Gasteiger partial charge on any atom is 0.273 e. The van der Waals surface area contributed by atoms with E-state index in [2.05, 4.69) is 15.0 Å². The zero-order chi connectivity index (χ0) is 18.1. The van der Waals surface area contributed by atoms with E-state index in [-0.39, 0.29) is 29.9 Å². The van der Waals surface area contributed by atoms with E-state index >= 15 is 0 Å². The second-order valence-electron chi connectivity index (χ2n) is 6.66. The van der Waals surface area contributed by atoms with Crippen LogP contribution >= 0.6 is 11.8 Å². The van der Waals surface area contributed by atoms with Crippen LogP contribution in [0.5, 0.6) is 0 Å². The monoisotopic (exact) mass is 374 g/mol. The molecule has 1 saturated carbocycles. The van der Waals surface area contributed by atoms with Crippen LogP contribution in [-0.4, -0.2) is 22.0 Å². The number of hydrogen-bond donors (Lipinski definition) is 2. The molecule has 4 rings (SSSR count). The van der Waals surface area contributed by atoms with Crippen molar-refractivity contribution in [1.82, 2.24) is 10.5 Å². The lowest BCUT2D eigenvalue weighted by molar-refractivity contribution is 0.0942. The van der Waals surface area contributed by atoms with Crippen molar-refractivity contribution in [3.8, 4) is 0 Å². The average Bonchev–Trinajstić information content (AvgIpc) is 3.30. The lowest BCUT2D eigenvalue weighted by Crippen LogP contribution is -2.37. The highest BCUT2D eigenvalue weighted by Crippen LogP contribution is 2.51. The number of nitrogens with one attached hydrogen (secondary N) is 1. The first-order chi connectivity index (χ1) is 12.6. The number of carbonyl (C=O) groups is 1. The summed E-state index contributed by atoms with van der Waals surface area (Å²) in [6, 6.07) is 6.42. The molecule has 0 saturated heterocycles. The van der Waals surface area contributed by atoms with Gasteiger partial charge in [0.25, 0.3) is 5.91 Å². The van der Waals surface area contributed by atoms with Crippen LogP contribution in [0.1, 0.15) is 40.9 Å². The Hall–Kier alpha value is -2.35. The molecule has 3 N–H and O–H groups in total. The molecule has 2 atom stereocenters. The molecule has 1 aromatic heterocycles. The Morgan fingerprint density at radius 3 is 3.15 bits per heavy atom. The number of nitrogens with two attached hydrogens (primary N) is 1. The summed E-state index contributed by atoms with van der Waals surface area (Å²) in [5, 5.41) is 6.89. The van der Waals surface area contributed by atoms with Crippen LogP contribution in [0.4, 0.5) is 4.39 Å². The number of nitrogens with zero attached hydrogens (tertiary/aromatic N) is 2. The first-order valence-electron chi connectivity index (χ1n) is 8.54. The molecule has 136 valence electrons. The Morgan fingerprint density at radius 1 is 1.46 bits per heavy atom. The molecule has 6 nitrogen and oxygen atoms in total. The Labute approximate surface area is 154 Å². The number of aromatic nitrogens is 1. The quantitative estimate of drug-likeness (QED) is 0.858. The Balaban J connectivity index is 1.60. The van der Waals surface area contributed by atoms with Crippen LogP contribution < -0.4 is 11.1 Å². The van der Waals surface area contributed by atoms with Gasteiger partial charge < -0.3 is 15.6 Å². The number of carbonyl (C=O) groups excluding carboxylic acids is 1. The second kappa shape index (κ2) is 6.75. The van der Waals surface area contributed by atoms with Crippen LogP contribution in [0.2, 0.25) is 0 Å². The molecule has 2 heterocycles. The molecular weight excluding hydrogens is 355 g/mol. The van der Waals surface area contributed by atoms with Gasteiger partial charge in [0.2, 0.25) is 0 Å². The van der Waals surface area contributed by atoms with Crippen LogP contribution in [0.25, 0.3) is 0 Å². The van der Waals surface area contributed by atoms with Gasteiger partial charge >= 0.3 is 0 Å². The summed E-state index contributed by atoms with van der Waals surface area (Å²) >= 11 is 1.54. The zero-order valence-electron chi connectivity index (χ0n) is 14.1. The van der Waals surface area contributed by atoms with Crippen LogP contribution in [0, 0.1) is 11.7 Å². The number of thioether (sulfide) groups is 1. The zero-order valence-corrected chi connectivity index (χ0v) is 14.9. The maximum absolute atomic E-state index is 14.7. The van der Waals surface area contributed by atoms with Crippen molar-refractivity contribution in [3.63, 3.8) is 0 Å². The van der Waals surface area contributed by atoms with E-state index in [9.17, 15) is 9.18 Å². The van der Waals surface area contributed by atoms with Gasteiger partial charge in [0.05, 0.1) is 5.54 Å². The molecule has 1 aliphatic heterocycles. The number of fused-ring (bicyclic) bond motifs is 1. The molecule has 26 heavy (non-hydrogen) atoms. The molecule has 0 spiro atoms. The Bertz CT molecular complexity index is 855. The Kier molecular flexibility index (Phi) is 4.44. The molecule has 2 aromatic rings. The minimum Gasteiger partial charge on any atom is -0.379 e. The van der Waals surface area contributed by atoms with Gasteiger partial charge in [0.1, 0.15) is 12.1 Å². The third-order valence-electron chi connectivity index (χ3n) is 5.15. The van der Waals surface area contributed by atoms with Crippen LogP contribution in [0.3, 0.4) is 0 Å². The average molecular weight is 374 g/mol. The fourth-order valence-electron chi connectivity index (χ4n) is 3.88. The van der Waals surface area contributed by atoms with E-state index < -0.39 is 5.54 Å². The highest BCUT2D eigenvalue weighted by molar-refractivity contribution is 8.13. The molecule has 0 bridgehead atoms. The highest BCUT2D eigenvalue weighted by Gasteiger charge is 2.47. The first-order valence-corrected chi connectivity index (χ1v) is 9.53. The molecule has 0 radical (unpaired) electrons. The first kappa shape index (κ1) is 17.1. The number of amidine groups is 1. The van der Waals surface area contributed by atoms with Crippen LogP contribution in [0.15, 0.2) is 40.0 Å². The summed E-state index contributed by atoms with van der Waals surface area (Å²) in [6.07, 6.45) is 4.17. The maximum atomic E-state index is 14.7. The number of benzene rings is 1. The lowest BCUT2D eigenvalue weighted by atomic mass is 9.80. The van der Waals surface area contributed by atoms with E-state index in [4.69, 9.17) is 10.7 Å². The molecule has 1 amide bonds. The number of halogens is 1. The van der Waals surface area contributed by atoms with Gasteiger partial charge in [-0.2, -0.15) is 0 Å². The second-order valence-corrected chi connectivity index (χ2v) is 7.70. The van der Waals surface area contributed by atoms with Crippen molar-refractivity contribution in [2.75, 3.05) is 5.75 Å². The summed E-state index contributed by atoms with van der Waals surface area (Å²) in [4.78, 5) is 16.7. The van der Waals surface area contributed by atoms with Crippen molar-refractivity contribution in [2.45, 2.75) is 31.3 Å². The highest BCUT2D eigenvalue weighted by atomic mass is 32.2. The van der Waals surface area contributed by atoms with E-state index in [1.165, 1.54) is 18.4 Å². The molecule has 1 aliphatic carbocycles. The van der Waals surface area contributed by atoms with Gasteiger partial charge in [0.15, 0.2) is 10.9 Å². The van der Waals surface area contributed by atoms with E-state index in [0.717, 1.165) is 30.6 Å². The minimum absolute atomic E-state index is 0.212. The van der Waals surface area contributed by atoms with E-state index in [1.54, 1.807) is 17.8 Å². The third-order valence-corrected chi connectivity index (χ3v) is 6.10. The smallest absolute Gasteiger partial charge is 0.273 e. The fourth-order valence-corrected chi connectivity index (χ4v) is 4.92. The molecule has 8 heteroatoms. The van der Waals surface area contributed by atoms with Gasteiger partial charge in [-0.05, 0) is 36.5 Å². The van der Waals surface area contributed by atoms with Crippen LogP contribution in [-0.2, 0) is 12.1 Å². The number of hydrogen-bond acceptors (Lipinski definition) is 6. The fraction of sp³-hybridized carbons (Fsp3) is 0.389. The number of aliphatic imine (C=N–C) groups is 1. The normalized spacial score (nSPS) is 24.8. The largest absolute Gasteiger partial charge is 0.379 e. The SMILES string of the molecule is NC1=NC2(c3cc(CNC(=O)c4ccon4)ccc3F)CCCC2CS1. The standard InChI is InChI=1S/C18H19FN4O2S/c19-14-4-3-11(9-21-16(24)15-5-7-25-23-15)8-13(14)18-6-1-2-12(18)10-26-17(20)22-18/h3-5,7-8,12H,1-2,6,9-10H2,(H2,20,22)(H,21,24). The van der Waals surface area contributed by atoms with Crippen molar-refractivity contribution in [2.24, 2.45) is 16.6 Å². The minimum atomic E-state index is -0.578. The van der Waals surface area contributed by atoms with Gasteiger partial charge in [-0.1, -0.05) is 29.4 Å². The summed E-state index contributed by atoms with van der Waals surface area (Å²) in [5.74, 6) is 0.543. The predicted molar refractivity (Wildman–Crippen MR) is 97.2 cm³/mol. The molecule has 1 aromatic carbocycles. The van der Waals surface area contributed by atoms with Crippen molar-refractivity contribution in [1.29, 1.82) is 0 Å². The summed E-state index contributed by atoms with van der Waals surface area (Å²) in [6.45, 7) is 0.271. The van der Waals surface area contributed by atoms with Gasteiger partial charge in [0, 0.05) is 23.9 Å². The number of amides is 1. The van der Waals surface area contributed by atoms with Crippen molar-refractivity contribution >= 4 is 22.8 Å². The lowest BCUT2D eigenvalue weighted by Gasteiger charge is -2.36. The summed E-state index contributed by atoms with van der Waals surface area (Å²) in [5.41, 5.74) is 7.00. The van der Waals surface area contributed by atoms with Gasteiger partial charge in [-0.3, -0.25) is 9.79 Å². The van der Waals surface area contributed by atoms with Gasteiger partial charge in [-0.25, -0.2) is 4.39 Å². The summed E-state index contributed by atoms with van der Waals surface area (Å²) < 4.78 is 19.4. The third kappa shape index (κ3) is 2.98.